The maximum Gasteiger partial charge on any atom is 0.252 e. The Hall–Kier alpha value is -9.12. The van der Waals surface area contributed by atoms with Gasteiger partial charge in [0.05, 0.1) is 5.69 Å². The zero-order valence-electron chi connectivity index (χ0n) is 50.3. The van der Waals surface area contributed by atoms with Crippen molar-refractivity contribution < 1.29 is 0 Å². The number of hydrogen-bond donors (Lipinski definition) is 0. The van der Waals surface area contributed by atoms with Crippen LogP contribution in [0.3, 0.4) is 0 Å². The molecule has 2 aliphatic rings. The molecule has 0 bridgehead atoms. The van der Waals surface area contributed by atoms with Gasteiger partial charge in [-0.25, -0.2) is 0 Å². The molecule has 412 valence electrons. The van der Waals surface area contributed by atoms with Gasteiger partial charge < -0.3 is 14.7 Å². The van der Waals surface area contributed by atoms with Crippen LogP contribution in [0.2, 0.25) is 0 Å². The SMILES string of the molecule is CC(C)(C)c1cccc(N2c3cc(C(C)(C)C)ccc3B3c4cc(C(C)(C)c5ccc(-c6ccccc6)cc5)ccc4N(c4ccc(C(C)(C)c5ccc(-c6ccccc6)cc5)cc4)c4cc(N(c5ccccc5)c5ccccc5)cc2c43)c1. The number of para-hydroxylation sites is 2. The molecule has 84 heavy (non-hydrogen) atoms. The van der Waals surface area contributed by atoms with Crippen molar-refractivity contribution in [3.05, 3.63) is 300 Å². The molecule has 2 aliphatic heterocycles. The highest BCUT2D eigenvalue weighted by Crippen LogP contribution is 2.50. The topological polar surface area (TPSA) is 9.72 Å². The predicted octanol–water partition coefficient (Wildman–Crippen LogP) is 19.8. The highest BCUT2D eigenvalue weighted by molar-refractivity contribution is 7.00. The van der Waals surface area contributed by atoms with Gasteiger partial charge in [-0.3, -0.25) is 0 Å². The fourth-order valence-electron chi connectivity index (χ4n) is 13.0. The first-order valence-corrected chi connectivity index (χ1v) is 29.9. The lowest BCUT2D eigenvalue weighted by Crippen LogP contribution is -2.61. The van der Waals surface area contributed by atoms with Crippen molar-refractivity contribution in [2.75, 3.05) is 14.7 Å². The minimum absolute atomic E-state index is 0.0731. The predicted molar refractivity (Wildman–Crippen MR) is 361 cm³/mol. The minimum atomic E-state index is -0.326. The zero-order chi connectivity index (χ0) is 58.1. The Balaban J connectivity index is 1.06. The van der Waals surface area contributed by atoms with Crippen LogP contribution >= 0.6 is 0 Å². The molecule has 0 fully saturated rings. The van der Waals surface area contributed by atoms with E-state index in [-0.39, 0.29) is 28.4 Å². The molecule has 0 aromatic heterocycles. The van der Waals surface area contributed by atoms with Crippen LogP contribution in [0.4, 0.5) is 51.2 Å². The molecule has 0 unspecified atom stereocenters. The van der Waals surface area contributed by atoms with E-state index in [2.05, 4.69) is 351 Å². The Bertz CT molecular complexity index is 4140. The second-order valence-electron chi connectivity index (χ2n) is 26.3. The van der Waals surface area contributed by atoms with Gasteiger partial charge in [0.25, 0.3) is 6.71 Å². The van der Waals surface area contributed by atoms with Crippen molar-refractivity contribution in [3.63, 3.8) is 0 Å². The van der Waals surface area contributed by atoms with Gasteiger partial charge in [0, 0.05) is 56.3 Å². The summed E-state index contributed by atoms with van der Waals surface area (Å²) in [5.74, 6) is 0. The standard InChI is InChI=1S/C80H74BN3/c1-77(2,3)62-28-23-33-68(50-62)84-73-52-63(78(4,5)6)44-48-70(73)81-71-51-64(80(9,10)60-40-36-58(37-41-60)56-26-17-12-18-27-56)45-49-72(71)83(67-46-42-61(43-47-67)79(7,8)59-38-34-57(35-39-59)55-24-15-11-16-25-55)74-53-69(54-75(84)76(74)81)82(65-29-19-13-20-30-65)66-31-21-14-22-32-66/h11-54H,1-10H3. The van der Waals surface area contributed by atoms with Crippen LogP contribution < -0.4 is 31.1 Å². The average molecular weight is 1090 g/mol. The van der Waals surface area contributed by atoms with Crippen molar-refractivity contribution in [3.8, 4) is 22.3 Å². The Morgan fingerprint density at radius 2 is 0.690 bits per heavy atom. The fourth-order valence-corrected chi connectivity index (χ4v) is 13.0. The third kappa shape index (κ3) is 9.72. The summed E-state index contributed by atoms with van der Waals surface area (Å²) in [5.41, 5.74) is 25.9. The van der Waals surface area contributed by atoms with Crippen LogP contribution in [-0.2, 0) is 21.7 Å². The number of anilines is 9. The summed E-state index contributed by atoms with van der Waals surface area (Å²) in [6, 6.07) is 100. The third-order valence-electron chi connectivity index (χ3n) is 18.2. The van der Waals surface area contributed by atoms with E-state index in [1.54, 1.807) is 0 Å². The maximum absolute atomic E-state index is 2.60. The van der Waals surface area contributed by atoms with Crippen molar-refractivity contribution in [1.82, 2.24) is 0 Å². The zero-order valence-corrected chi connectivity index (χ0v) is 50.3. The first-order chi connectivity index (χ1) is 40.4. The molecule has 2 heterocycles. The fraction of sp³-hybridized carbons (Fsp3) is 0.175. The first kappa shape index (κ1) is 54.2. The molecular formula is C80H74BN3. The van der Waals surface area contributed by atoms with Crippen molar-refractivity contribution in [2.45, 2.75) is 90.9 Å². The van der Waals surface area contributed by atoms with Gasteiger partial charge in [0.2, 0.25) is 0 Å². The Kier molecular flexibility index (Phi) is 13.5. The molecule has 0 spiro atoms. The molecule has 0 amide bonds. The molecular weight excluding hydrogens is 1010 g/mol. The van der Waals surface area contributed by atoms with Crippen LogP contribution in [0.25, 0.3) is 22.3 Å². The van der Waals surface area contributed by atoms with Gasteiger partial charge in [-0.2, -0.15) is 0 Å². The molecule has 11 aromatic rings. The van der Waals surface area contributed by atoms with E-state index in [4.69, 9.17) is 0 Å². The van der Waals surface area contributed by atoms with Crippen molar-refractivity contribution in [1.29, 1.82) is 0 Å². The molecule has 11 aromatic carbocycles. The number of nitrogens with zero attached hydrogens (tertiary/aromatic N) is 3. The summed E-state index contributed by atoms with van der Waals surface area (Å²) < 4.78 is 0. The summed E-state index contributed by atoms with van der Waals surface area (Å²) in [5, 5.41) is 0. The van der Waals surface area contributed by atoms with E-state index < -0.39 is 0 Å². The summed E-state index contributed by atoms with van der Waals surface area (Å²) in [6.45, 7) is 23.4. The average Bonchev–Trinajstić information content (AvgIpc) is 0.789. The number of rotatable bonds is 11. The highest BCUT2D eigenvalue weighted by atomic mass is 15.2. The maximum atomic E-state index is 2.60. The molecule has 0 radical (unpaired) electrons. The Morgan fingerprint density at radius 3 is 1.19 bits per heavy atom. The van der Waals surface area contributed by atoms with Crippen LogP contribution in [0.5, 0.6) is 0 Å². The van der Waals surface area contributed by atoms with Gasteiger partial charge in [0.15, 0.2) is 0 Å². The summed E-state index contributed by atoms with van der Waals surface area (Å²) >= 11 is 0. The Labute approximate surface area is 499 Å². The van der Waals surface area contributed by atoms with Crippen molar-refractivity contribution in [2.24, 2.45) is 0 Å². The lowest BCUT2D eigenvalue weighted by molar-refractivity contribution is 0.590. The van der Waals surface area contributed by atoms with Gasteiger partial charge >= 0.3 is 0 Å². The van der Waals surface area contributed by atoms with Crippen LogP contribution in [0.15, 0.2) is 267 Å². The molecule has 0 saturated carbocycles. The van der Waals surface area contributed by atoms with Crippen LogP contribution in [-0.4, -0.2) is 6.71 Å². The van der Waals surface area contributed by atoms with E-state index >= 15 is 0 Å². The van der Waals surface area contributed by atoms with E-state index in [1.807, 2.05) is 0 Å². The van der Waals surface area contributed by atoms with Gasteiger partial charge in [0.1, 0.15) is 0 Å². The highest BCUT2D eigenvalue weighted by Gasteiger charge is 2.45. The van der Waals surface area contributed by atoms with Gasteiger partial charge in [-0.05, 0) is 156 Å². The number of hydrogen-bond acceptors (Lipinski definition) is 3. The van der Waals surface area contributed by atoms with E-state index in [0.717, 1.165) is 34.1 Å². The summed E-state index contributed by atoms with van der Waals surface area (Å²) in [4.78, 5) is 7.62. The minimum Gasteiger partial charge on any atom is -0.311 e. The lowest BCUT2D eigenvalue weighted by atomic mass is 9.33. The quantitative estimate of drug-likeness (QED) is 0.120. The molecule has 0 saturated heterocycles. The summed E-state index contributed by atoms with van der Waals surface area (Å²) in [7, 11) is 0. The number of benzene rings is 11. The molecule has 3 nitrogen and oxygen atoms in total. The van der Waals surface area contributed by atoms with E-state index in [9.17, 15) is 0 Å². The Morgan fingerprint density at radius 1 is 0.274 bits per heavy atom. The second-order valence-corrected chi connectivity index (χ2v) is 26.3. The summed E-state index contributed by atoms with van der Waals surface area (Å²) in [6.07, 6.45) is 0. The largest absolute Gasteiger partial charge is 0.311 e. The molecule has 4 heteroatoms. The number of fused-ring (bicyclic) bond motifs is 4. The van der Waals surface area contributed by atoms with Gasteiger partial charge in [-0.15, -0.1) is 0 Å². The smallest absolute Gasteiger partial charge is 0.252 e. The molecule has 0 atom stereocenters. The molecule has 0 aliphatic carbocycles. The molecule has 13 rings (SSSR count). The monoisotopic (exact) mass is 1090 g/mol. The van der Waals surface area contributed by atoms with Crippen LogP contribution in [0, 0.1) is 0 Å². The van der Waals surface area contributed by atoms with Crippen LogP contribution in [0.1, 0.15) is 103 Å². The normalized spacial score (nSPS) is 13.0. The van der Waals surface area contributed by atoms with E-state index in [1.165, 1.54) is 89.1 Å². The third-order valence-corrected chi connectivity index (χ3v) is 18.2. The lowest BCUT2D eigenvalue weighted by Gasteiger charge is -2.46. The first-order valence-electron chi connectivity index (χ1n) is 29.9. The van der Waals surface area contributed by atoms with Crippen molar-refractivity contribution >= 4 is 74.3 Å². The van der Waals surface area contributed by atoms with Gasteiger partial charge in [-0.1, -0.05) is 263 Å². The van der Waals surface area contributed by atoms with E-state index in [0.29, 0.717) is 0 Å². The molecule has 0 N–H and O–H groups in total. The second kappa shape index (κ2) is 20.9.